The van der Waals surface area contributed by atoms with Crippen molar-refractivity contribution >= 4 is 11.6 Å². The third-order valence-electron chi connectivity index (χ3n) is 6.21. The number of amides is 1. The summed E-state index contributed by atoms with van der Waals surface area (Å²) in [6.07, 6.45) is -0.274. The van der Waals surface area contributed by atoms with Gasteiger partial charge in [0.05, 0.1) is 11.5 Å². The molecule has 2 aliphatic heterocycles. The smallest absolute Gasteiger partial charge is 0.246 e. The lowest BCUT2D eigenvalue weighted by molar-refractivity contribution is -0.115. The fourth-order valence-corrected chi connectivity index (χ4v) is 4.97. The SMILES string of the molecule is CCC1OC(C23CCCC(C(N)=O)=C2Nc2ccc(C)cc23)C(O)C1O. The Balaban J connectivity index is 1.94. The van der Waals surface area contributed by atoms with Crippen LogP contribution in [0.4, 0.5) is 5.69 Å². The fraction of sp³-hybridized carbons (Fsp3) is 0.550. The number of anilines is 1. The Labute approximate surface area is 153 Å². The van der Waals surface area contributed by atoms with Crippen molar-refractivity contribution in [2.45, 2.75) is 69.4 Å². The molecule has 26 heavy (non-hydrogen) atoms. The quantitative estimate of drug-likeness (QED) is 0.655. The van der Waals surface area contributed by atoms with Gasteiger partial charge < -0.3 is 26.0 Å². The van der Waals surface area contributed by atoms with Crippen LogP contribution in [-0.2, 0) is 14.9 Å². The molecule has 6 nitrogen and oxygen atoms in total. The molecule has 2 heterocycles. The topological polar surface area (TPSA) is 105 Å². The Kier molecular flexibility index (Phi) is 4.10. The van der Waals surface area contributed by atoms with E-state index in [0.29, 0.717) is 18.4 Å². The van der Waals surface area contributed by atoms with Crippen LogP contribution in [0, 0.1) is 6.92 Å². The first-order valence-corrected chi connectivity index (χ1v) is 9.33. The molecule has 3 aliphatic rings. The summed E-state index contributed by atoms with van der Waals surface area (Å²) in [5.74, 6) is -0.443. The number of hydrogen-bond acceptors (Lipinski definition) is 5. The van der Waals surface area contributed by atoms with E-state index in [0.717, 1.165) is 35.4 Å². The maximum absolute atomic E-state index is 12.1. The number of carbonyl (C=O) groups is 1. The Morgan fingerprint density at radius 2 is 2.15 bits per heavy atom. The van der Waals surface area contributed by atoms with E-state index in [9.17, 15) is 15.0 Å². The van der Waals surface area contributed by atoms with Crippen LogP contribution in [-0.4, -0.2) is 40.5 Å². The number of ether oxygens (including phenoxy) is 1. The number of aryl methyl sites for hydroxylation is 1. The van der Waals surface area contributed by atoms with Gasteiger partial charge in [-0.3, -0.25) is 4.79 Å². The van der Waals surface area contributed by atoms with E-state index in [2.05, 4.69) is 11.4 Å². The van der Waals surface area contributed by atoms with Crippen LogP contribution in [0.1, 0.15) is 43.7 Å². The number of fused-ring (bicyclic) bond motifs is 3. The summed E-state index contributed by atoms with van der Waals surface area (Å²) in [7, 11) is 0. The summed E-state index contributed by atoms with van der Waals surface area (Å²) in [4.78, 5) is 12.1. The molecule has 1 amide bonds. The maximum atomic E-state index is 12.1. The summed E-state index contributed by atoms with van der Waals surface area (Å²) < 4.78 is 6.18. The number of hydrogen-bond donors (Lipinski definition) is 4. The van der Waals surface area contributed by atoms with Gasteiger partial charge in [-0.05, 0) is 44.2 Å². The minimum Gasteiger partial charge on any atom is -0.388 e. The van der Waals surface area contributed by atoms with Crippen molar-refractivity contribution in [3.05, 3.63) is 40.6 Å². The molecule has 1 fully saturated rings. The van der Waals surface area contributed by atoms with Gasteiger partial charge in [-0.15, -0.1) is 0 Å². The second-order valence-corrected chi connectivity index (χ2v) is 7.70. The molecule has 4 rings (SSSR count). The van der Waals surface area contributed by atoms with E-state index in [4.69, 9.17) is 10.5 Å². The standard InChI is InChI=1S/C20H26N2O4/c1-3-14-15(23)16(24)18(26-14)20-8-4-5-11(19(21)25)17(20)22-13-7-6-10(2)9-12(13)20/h6-7,9,14-16,18,22-24H,3-5,8H2,1-2H3,(H2,21,25). The highest BCUT2D eigenvalue weighted by molar-refractivity contribution is 5.95. The van der Waals surface area contributed by atoms with Crippen LogP contribution >= 0.6 is 0 Å². The summed E-state index contributed by atoms with van der Waals surface area (Å²) in [5, 5.41) is 24.7. The maximum Gasteiger partial charge on any atom is 0.246 e. The van der Waals surface area contributed by atoms with Crippen LogP contribution in [0.2, 0.25) is 0 Å². The lowest BCUT2D eigenvalue weighted by Crippen LogP contribution is -2.49. The molecule has 0 aromatic heterocycles. The first kappa shape index (κ1) is 17.5. The number of rotatable bonds is 3. The highest BCUT2D eigenvalue weighted by Crippen LogP contribution is 2.56. The van der Waals surface area contributed by atoms with Crippen molar-refractivity contribution in [3.8, 4) is 0 Å². The first-order valence-electron chi connectivity index (χ1n) is 9.33. The van der Waals surface area contributed by atoms with Gasteiger partial charge in [0.1, 0.15) is 18.3 Å². The van der Waals surface area contributed by atoms with Gasteiger partial charge in [-0.1, -0.05) is 24.6 Å². The summed E-state index contributed by atoms with van der Waals surface area (Å²) >= 11 is 0. The zero-order valence-electron chi connectivity index (χ0n) is 15.2. The summed E-state index contributed by atoms with van der Waals surface area (Å²) in [6, 6.07) is 6.09. The minimum absolute atomic E-state index is 0.418. The second-order valence-electron chi connectivity index (χ2n) is 7.70. The molecule has 0 saturated carbocycles. The van der Waals surface area contributed by atoms with Crippen molar-refractivity contribution in [2.75, 3.05) is 5.32 Å². The summed E-state index contributed by atoms with van der Waals surface area (Å²) in [6.45, 7) is 3.95. The zero-order chi connectivity index (χ0) is 18.6. The van der Waals surface area contributed by atoms with Gasteiger partial charge in [0.15, 0.2) is 0 Å². The van der Waals surface area contributed by atoms with E-state index in [-0.39, 0.29) is 0 Å². The number of benzene rings is 1. The molecule has 1 aromatic carbocycles. The largest absolute Gasteiger partial charge is 0.388 e. The molecule has 0 radical (unpaired) electrons. The molecule has 0 bridgehead atoms. The van der Waals surface area contributed by atoms with Crippen LogP contribution in [0.5, 0.6) is 0 Å². The van der Waals surface area contributed by atoms with E-state index in [1.807, 2.05) is 26.0 Å². The molecule has 1 aromatic rings. The highest BCUT2D eigenvalue weighted by Gasteiger charge is 2.59. The van der Waals surface area contributed by atoms with Crippen molar-refractivity contribution in [3.63, 3.8) is 0 Å². The van der Waals surface area contributed by atoms with Gasteiger partial charge in [0.2, 0.25) is 5.91 Å². The monoisotopic (exact) mass is 358 g/mol. The molecule has 5 unspecified atom stereocenters. The average molecular weight is 358 g/mol. The Morgan fingerprint density at radius 3 is 2.81 bits per heavy atom. The molecule has 0 spiro atoms. The predicted molar refractivity (Wildman–Crippen MR) is 97.5 cm³/mol. The molecule has 1 saturated heterocycles. The van der Waals surface area contributed by atoms with E-state index < -0.39 is 35.7 Å². The van der Waals surface area contributed by atoms with Gasteiger partial charge in [0, 0.05) is 17.0 Å². The molecule has 5 atom stereocenters. The minimum atomic E-state index is -1.02. The third kappa shape index (κ3) is 2.25. The van der Waals surface area contributed by atoms with Gasteiger partial charge in [0.25, 0.3) is 0 Å². The number of carbonyl (C=O) groups excluding carboxylic acids is 1. The first-order chi connectivity index (χ1) is 12.4. The highest BCUT2D eigenvalue weighted by atomic mass is 16.5. The van der Waals surface area contributed by atoms with Crippen LogP contribution < -0.4 is 11.1 Å². The number of nitrogens with one attached hydrogen (secondary N) is 1. The van der Waals surface area contributed by atoms with Gasteiger partial charge in [-0.25, -0.2) is 0 Å². The molecule has 6 heteroatoms. The van der Waals surface area contributed by atoms with E-state index in [1.54, 1.807) is 0 Å². The normalized spacial score (nSPS) is 35.8. The van der Waals surface area contributed by atoms with Crippen molar-refractivity contribution in [1.82, 2.24) is 0 Å². The lowest BCUT2D eigenvalue weighted by Gasteiger charge is -2.41. The van der Waals surface area contributed by atoms with E-state index in [1.165, 1.54) is 0 Å². The number of nitrogens with two attached hydrogens (primary N) is 1. The van der Waals surface area contributed by atoms with Crippen molar-refractivity contribution < 1.29 is 19.7 Å². The Bertz CT molecular complexity index is 790. The second kappa shape index (κ2) is 6.08. The number of aliphatic hydroxyl groups excluding tert-OH is 2. The van der Waals surface area contributed by atoms with E-state index >= 15 is 0 Å². The number of primary amides is 1. The lowest BCUT2D eigenvalue weighted by atomic mass is 9.65. The van der Waals surface area contributed by atoms with Gasteiger partial charge >= 0.3 is 0 Å². The van der Waals surface area contributed by atoms with Crippen LogP contribution in [0.3, 0.4) is 0 Å². The van der Waals surface area contributed by atoms with Gasteiger partial charge in [-0.2, -0.15) is 0 Å². The van der Waals surface area contributed by atoms with Crippen molar-refractivity contribution in [2.24, 2.45) is 5.73 Å². The molecular formula is C20H26N2O4. The predicted octanol–water partition coefficient (Wildman–Crippen LogP) is 1.48. The Hall–Kier alpha value is -1.89. The average Bonchev–Trinajstić information content (AvgIpc) is 3.10. The summed E-state index contributed by atoms with van der Waals surface area (Å²) in [5.41, 5.74) is 9.31. The molecule has 1 aliphatic carbocycles. The van der Waals surface area contributed by atoms with Crippen molar-refractivity contribution in [1.29, 1.82) is 0 Å². The molecule has 5 N–H and O–H groups in total. The van der Waals surface area contributed by atoms with Crippen LogP contribution in [0.25, 0.3) is 0 Å². The third-order valence-corrected chi connectivity index (χ3v) is 6.21. The molecular weight excluding hydrogens is 332 g/mol. The fourth-order valence-electron chi connectivity index (χ4n) is 4.97. The Morgan fingerprint density at radius 1 is 1.38 bits per heavy atom. The zero-order valence-corrected chi connectivity index (χ0v) is 15.2. The number of aliphatic hydroxyl groups is 2. The van der Waals surface area contributed by atoms with Crippen LogP contribution in [0.15, 0.2) is 29.5 Å². The molecule has 140 valence electrons.